The fraction of sp³-hybridized carbons (Fsp3) is 0.524. The van der Waals surface area contributed by atoms with Crippen molar-refractivity contribution < 1.29 is 9.53 Å². The van der Waals surface area contributed by atoms with E-state index in [4.69, 9.17) is 4.74 Å². The number of amides is 1. The van der Waals surface area contributed by atoms with Gasteiger partial charge >= 0.3 is 0 Å². The van der Waals surface area contributed by atoms with Crippen LogP contribution in [0.5, 0.6) is 5.75 Å². The Morgan fingerprint density at radius 1 is 1.19 bits per heavy atom. The monoisotopic (exact) mass is 370 g/mol. The molecule has 1 fully saturated rings. The molecule has 1 amide bonds. The Morgan fingerprint density at radius 2 is 1.89 bits per heavy atom. The van der Waals surface area contributed by atoms with Crippen molar-refractivity contribution in [2.24, 2.45) is 0 Å². The lowest BCUT2D eigenvalue weighted by Crippen LogP contribution is -2.40. The van der Waals surface area contributed by atoms with Gasteiger partial charge in [-0.05, 0) is 77.4 Å². The van der Waals surface area contributed by atoms with E-state index in [2.05, 4.69) is 15.3 Å². The molecule has 1 aliphatic rings. The highest BCUT2D eigenvalue weighted by atomic mass is 16.5. The van der Waals surface area contributed by atoms with Gasteiger partial charge in [-0.3, -0.25) is 4.79 Å². The lowest BCUT2D eigenvalue weighted by atomic mass is 10.1. The maximum atomic E-state index is 12.2. The normalized spacial score (nSPS) is 15.1. The molecule has 6 nitrogen and oxygen atoms in total. The minimum atomic E-state index is -0.271. The van der Waals surface area contributed by atoms with Gasteiger partial charge in [-0.2, -0.15) is 5.10 Å². The Balaban J connectivity index is 1.50. The summed E-state index contributed by atoms with van der Waals surface area (Å²) < 4.78 is 7.54. The number of hydrogen-bond acceptors (Lipinski definition) is 4. The van der Waals surface area contributed by atoms with E-state index in [0.717, 1.165) is 31.0 Å². The molecule has 146 valence electrons. The molecule has 2 aromatic rings. The summed E-state index contributed by atoms with van der Waals surface area (Å²) in [5, 5.41) is 7.24. The van der Waals surface area contributed by atoms with Crippen LogP contribution in [0.1, 0.15) is 50.4 Å². The first-order valence-corrected chi connectivity index (χ1v) is 9.73. The molecule has 0 bridgehead atoms. The predicted octanol–water partition coefficient (Wildman–Crippen LogP) is 3.27. The number of nitrogens with zero attached hydrogens (tertiary/aromatic N) is 3. The molecule has 1 N–H and O–H groups in total. The van der Waals surface area contributed by atoms with E-state index < -0.39 is 0 Å². The molecule has 1 aromatic heterocycles. The first-order valence-electron chi connectivity index (χ1n) is 9.73. The van der Waals surface area contributed by atoms with Crippen LogP contribution in [0.15, 0.2) is 36.7 Å². The van der Waals surface area contributed by atoms with Gasteiger partial charge in [0.1, 0.15) is 5.75 Å². The SMILES string of the molecule is CC(C)(C)NC(=O)c1cnn(-c2ccc(OCCCN3CCCC3)cc2)c1. The number of hydrogen-bond donors (Lipinski definition) is 1. The first kappa shape index (κ1) is 19.4. The van der Waals surface area contributed by atoms with E-state index in [0.29, 0.717) is 5.56 Å². The topological polar surface area (TPSA) is 59.4 Å². The molecular formula is C21H30N4O2. The highest BCUT2D eigenvalue weighted by Crippen LogP contribution is 2.16. The molecule has 3 rings (SSSR count). The third-order valence-corrected chi connectivity index (χ3v) is 4.52. The zero-order chi connectivity index (χ0) is 19.3. The van der Waals surface area contributed by atoms with Crippen LogP contribution in [0.2, 0.25) is 0 Å². The number of benzene rings is 1. The van der Waals surface area contributed by atoms with Crippen molar-refractivity contribution >= 4 is 5.91 Å². The molecule has 0 unspecified atom stereocenters. The minimum Gasteiger partial charge on any atom is -0.494 e. The van der Waals surface area contributed by atoms with Crippen molar-refractivity contribution in [1.29, 1.82) is 0 Å². The minimum absolute atomic E-state index is 0.119. The van der Waals surface area contributed by atoms with Crippen LogP contribution in [0.3, 0.4) is 0 Å². The second-order valence-corrected chi connectivity index (χ2v) is 8.12. The van der Waals surface area contributed by atoms with Crippen LogP contribution < -0.4 is 10.1 Å². The van der Waals surface area contributed by atoms with Crippen molar-refractivity contribution in [2.45, 2.75) is 45.6 Å². The zero-order valence-corrected chi connectivity index (χ0v) is 16.6. The Kier molecular flexibility index (Phi) is 6.16. The van der Waals surface area contributed by atoms with Gasteiger partial charge in [0.15, 0.2) is 0 Å². The standard InChI is InChI=1S/C21H30N4O2/c1-21(2,3)23-20(26)17-15-22-25(16-17)18-7-9-19(10-8-18)27-14-6-13-24-11-4-5-12-24/h7-10,15-16H,4-6,11-14H2,1-3H3,(H,23,26). The summed E-state index contributed by atoms with van der Waals surface area (Å²) in [5.41, 5.74) is 1.17. The van der Waals surface area contributed by atoms with Crippen LogP contribution in [0.4, 0.5) is 0 Å². The quantitative estimate of drug-likeness (QED) is 0.760. The molecule has 2 heterocycles. The highest BCUT2D eigenvalue weighted by Gasteiger charge is 2.17. The summed E-state index contributed by atoms with van der Waals surface area (Å²) in [4.78, 5) is 14.7. The fourth-order valence-corrected chi connectivity index (χ4v) is 3.17. The summed E-state index contributed by atoms with van der Waals surface area (Å²) >= 11 is 0. The molecular weight excluding hydrogens is 340 g/mol. The van der Waals surface area contributed by atoms with Crippen molar-refractivity contribution in [2.75, 3.05) is 26.2 Å². The molecule has 1 saturated heterocycles. The second kappa shape index (κ2) is 8.57. The molecule has 0 aliphatic carbocycles. The van der Waals surface area contributed by atoms with Crippen LogP contribution in [-0.4, -0.2) is 52.4 Å². The average molecular weight is 370 g/mol. The van der Waals surface area contributed by atoms with E-state index in [-0.39, 0.29) is 11.4 Å². The van der Waals surface area contributed by atoms with Crippen molar-refractivity contribution in [3.05, 3.63) is 42.2 Å². The van der Waals surface area contributed by atoms with Gasteiger partial charge in [-0.15, -0.1) is 0 Å². The fourth-order valence-electron chi connectivity index (χ4n) is 3.17. The Bertz CT molecular complexity index is 740. The summed E-state index contributed by atoms with van der Waals surface area (Å²) in [6.07, 6.45) is 7.04. The number of aromatic nitrogens is 2. The van der Waals surface area contributed by atoms with E-state index in [1.54, 1.807) is 17.1 Å². The Morgan fingerprint density at radius 3 is 2.56 bits per heavy atom. The van der Waals surface area contributed by atoms with Crippen molar-refractivity contribution in [3.63, 3.8) is 0 Å². The average Bonchev–Trinajstić information content (AvgIpc) is 3.30. The van der Waals surface area contributed by atoms with Crippen molar-refractivity contribution in [1.82, 2.24) is 20.0 Å². The first-order chi connectivity index (χ1) is 12.9. The number of nitrogens with one attached hydrogen (secondary N) is 1. The van der Waals surface area contributed by atoms with Crippen LogP contribution in [-0.2, 0) is 0 Å². The van der Waals surface area contributed by atoms with Crippen LogP contribution in [0, 0.1) is 0 Å². The Labute approximate surface area is 161 Å². The maximum Gasteiger partial charge on any atom is 0.254 e. The van der Waals surface area contributed by atoms with E-state index >= 15 is 0 Å². The smallest absolute Gasteiger partial charge is 0.254 e. The summed E-state index contributed by atoms with van der Waals surface area (Å²) in [7, 11) is 0. The van der Waals surface area contributed by atoms with Gasteiger partial charge in [0.05, 0.1) is 24.1 Å². The maximum absolute atomic E-state index is 12.2. The lowest BCUT2D eigenvalue weighted by Gasteiger charge is -2.19. The summed E-state index contributed by atoms with van der Waals surface area (Å²) in [6.45, 7) is 10.2. The number of ether oxygens (including phenoxy) is 1. The molecule has 0 spiro atoms. The number of likely N-dealkylation sites (tertiary alicyclic amines) is 1. The van der Waals surface area contributed by atoms with Gasteiger partial charge in [-0.25, -0.2) is 4.68 Å². The van der Waals surface area contributed by atoms with Crippen LogP contribution >= 0.6 is 0 Å². The van der Waals surface area contributed by atoms with Gasteiger partial charge < -0.3 is 15.0 Å². The van der Waals surface area contributed by atoms with Gasteiger partial charge in [0, 0.05) is 18.3 Å². The molecule has 0 saturated carbocycles. The third-order valence-electron chi connectivity index (χ3n) is 4.52. The highest BCUT2D eigenvalue weighted by molar-refractivity contribution is 5.94. The lowest BCUT2D eigenvalue weighted by molar-refractivity contribution is 0.0919. The number of rotatable bonds is 7. The second-order valence-electron chi connectivity index (χ2n) is 8.12. The number of carbonyl (C=O) groups is 1. The molecule has 0 radical (unpaired) electrons. The summed E-state index contributed by atoms with van der Waals surface area (Å²) in [6, 6.07) is 7.80. The predicted molar refractivity (Wildman–Crippen MR) is 107 cm³/mol. The van der Waals surface area contributed by atoms with Gasteiger partial charge in [0.25, 0.3) is 5.91 Å². The van der Waals surface area contributed by atoms with Gasteiger partial charge in [-0.1, -0.05) is 0 Å². The largest absolute Gasteiger partial charge is 0.494 e. The van der Waals surface area contributed by atoms with Crippen molar-refractivity contribution in [3.8, 4) is 11.4 Å². The molecule has 27 heavy (non-hydrogen) atoms. The summed E-state index contributed by atoms with van der Waals surface area (Å²) in [5.74, 6) is 0.740. The Hall–Kier alpha value is -2.34. The molecule has 1 aliphatic heterocycles. The molecule has 6 heteroatoms. The molecule has 1 aromatic carbocycles. The molecule has 0 atom stereocenters. The third kappa shape index (κ3) is 5.82. The van der Waals surface area contributed by atoms with E-state index in [9.17, 15) is 4.79 Å². The zero-order valence-electron chi connectivity index (χ0n) is 16.6. The van der Waals surface area contributed by atoms with E-state index in [1.807, 2.05) is 45.0 Å². The van der Waals surface area contributed by atoms with E-state index in [1.165, 1.54) is 25.9 Å². The van der Waals surface area contributed by atoms with Crippen LogP contribution in [0.25, 0.3) is 5.69 Å². The van der Waals surface area contributed by atoms with Gasteiger partial charge in [0.2, 0.25) is 0 Å². The number of carbonyl (C=O) groups excluding carboxylic acids is 1.